The van der Waals surface area contributed by atoms with E-state index in [1.165, 1.54) is 4.57 Å². The summed E-state index contributed by atoms with van der Waals surface area (Å²) in [6.45, 7) is 2.27. The van der Waals surface area contributed by atoms with Gasteiger partial charge in [0.05, 0.1) is 22.8 Å². The molecule has 17 heavy (non-hydrogen) atoms. The highest BCUT2D eigenvalue weighted by Gasteiger charge is 2.10. The summed E-state index contributed by atoms with van der Waals surface area (Å²) in [7, 11) is 0. The van der Waals surface area contributed by atoms with Gasteiger partial charge in [-0.2, -0.15) is 8.75 Å². The summed E-state index contributed by atoms with van der Waals surface area (Å²) >= 11 is 1.08. The van der Waals surface area contributed by atoms with Crippen LogP contribution in [0, 0.1) is 0 Å². The zero-order chi connectivity index (χ0) is 12.0. The Morgan fingerprint density at radius 1 is 1.35 bits per heavy atom. The Labute approximate surface area is 98.9 Å². The van der Waals surface area contributed by atoms with E-state index < -0.39 is 11.1 Å². The van der Waals surface area contributed by atoms with E-state index in [0.29, 0.717) is 23.1 Å². The van der Waals surface area contributed by atoms with Crippen LogP contribution in [0.25, 0.3) is 22.1 Å². The zero-order valence-corrected chi connectivity index (χ0v) is 9.74. The average molecular weight is 248 g/mol. The number of nitrogens with zero attached hydrogens (tertiary/aromatic N) is 3. The largest absolute Gasteiger partial charge is 0.316 e. The van der Waals surface area contributed by atoms with Gasteiger partial charge in [0.25, 0.3) is 0 Å². The molecule has 1 aromatic carbocycles. The maximum atomic E-state index is 11.7. The van der Waals surface area contributed by atoms with Crippen molar-refractivity contribution < 1.29 is 0 Å². The number of benzene rings is 1. The molecule has 6 nitrogen and oxygen atoms in total. The van der Waals surface area contributed by atoms with Crippen molar-refractivity contribution in [2.24, 2.45) is 0 Å². The molecule has 0 saturated heterocycles. The molecule has 0 aliphatic rings. The summed E-state index contributed by atoms with van der Waals surface area (Å²) in [6.07, 6.45) is 0. The third kappa shape index (κ3) is 1.32. The number of aryl methyl sites for hydroxylation is 1. The minimum absolute atomic E-state index is 0.447. The van der Waals surface area contributed by atoms with Crippen molar-refractivity contribution in [3.8, 4) is 0 Å². The number of aromatic nitrogens is 4. The third-order valence-corrected chi connectivity index (χ3v) is 3.23. The Balaban J connectivity index is 2.66. The monoisotopic (exact) mass is 248 g/mol. The van der Waals surface area contributed by atoms with E-state index in [9.17, 15) is 9.59 Å². The second-order valence-corrected chi connectivity index (χ2v) is 4.12. The molecule has 2 aromatic heterocycles. The van der Waals surface area contributed by atoms with Gasteiger partial charge < -0.3 is 9.55 Å². The van der Waals surface area contributed by atoms with Gasteiger partial charge in [-0.1, -0.05) is 0 Å². The number of aromatic amines is 1. The normalized spacial score (nSPS) is 11.4. The second kappa shape index (κ2) is 3.49. The Bertz CT molecular complexity index is 830. The Morgan fingerprint density at radius 2 is 2.18 bits per heavy atom. The van der Waals surface area contributed by atoms with Gasteiger partial charge in [0.15, 0.2) is 0 Å². The molecule has 0 aliphatic carbocycles. The molecule has 0 amide bonds. The van der Waals surface area contributed by atoms with Crippen LogP contribution in [0.1, 0.15) is 6.92 Å². The van der Waals surface area contributed by atoms with Crippen molar-refractivity contribution in [2.45, 2.75) is 13.5 Å². The summed E-state index contributed by atoms with van der Waals surface area (Å²) < 4.78 is 9.67. The zero-order valence-electron chi connectivity index (χ0n) is 8.93. The van der Waals surface area contributed by atoms with Crippen molar-refractivity contribution in [3.05, 3.63) is 32.8 Å². The van der Waals surface area contributed by atoms with Crippen LogP contribution in [0.4, 0.5) is 0 Å². The van der Waals surface area contributed by atoms with Crippen LogP contribution >= 0.6 is 11.7 Å². The Hall–Kier alpha value is -2.02. The summed E-state index contributed by atoms with van der Waals surface area (Å²) in [5, 5.41) is 0. The van der Waals surface area contributed by atoms with Crippen LogP contribution in [0.2, 0.25) is 0 Å². The van der Waals surface area contributed by atoms with Gasteiger partial charge >= 0.3 is 11.1 Å². The maximum Gasteiger partial charge on any atom is 0.316 e. The van der Waals surface area contributed by atoms with E-state index in [0.717, 1.165) is 17.2 Å². The lowest BCUT2D eigenvalue weighted by atomic mass is 10.2. The van der Waals surface area contributed by atoms with Crippen molar-refractivity contribution in [1.82, 2.24) is 18.3 Å². The van der Waals surface area contributed by atoms with Crippen LogP contribution < -0.4 is 11.1 Å². The quantitative estimate of drug-likeness (QED) is 0.643. The molecular weight excluding hydrogens is 240 g/mol. The number of hydrogen-bond donors (Lipinski definition) is 1. The molecule has 0 unspecified atom stereocenters. The molecule has 0 saturated carbocycles. The fourth-order valence-corrected chi connectivity index (χ4v) is 2.44. The lowest BCUT2D eigenvalue weighted by Crippen LogP contribution is -2.36. The van der Waals surface area contributed by atoms with E-state index in [1.807, 2.05) is 6.92 Å². The van der Waals surface area contributed by atoms with Crippen molar-refractivity contribution in [2.75, 3.05) is 0 Å². The Morgan fingerprint density at radius 3 is 2.94 bits per heavy atom. The molecule has 3 aromatic rings. The maximum absolute atomic E-state index is 11.7. The van der Waals surface area contributed by atoms with Crippen LogP contribution in [0.15, 0.2) is 21.7 Å². The van der Waals surface area contributed by atoms with E-state index >= 15 is 0 Å². The molecule has 0 bridgehead atoms. The summed E-state index contributed by atoms with van der Waals surface area (Å²) in [4.78, 5) is 25.8. The molecule has 0 spiro atoms. The number of fused-ring (bicyclic) bond motifs is 3. The van der Waals surface area contributed by atoms with Crippen molar-refractivity contribution in [1.29, 1.82) is 0 Å². The molecule has 1 N–H and O–H groups in total. The summed E-state index contributed by atoms with van der Waals surface area (Å²) in [5.41, 5.74) is 1.44. The topological polar surface area (TPSA) is 80.6 Å². The van der Waals surface area contributed by atoms with Gasteiger partial charge in [-0.25, -0.2) is 0 Å². The summed E-state index contributed by atoms with van der Waals surface area (Å²) in [6, 6.07) is 3.57. The predicted molar refractivity (Wildman–Crippen MR) is 65.5 cm³/mol. The fraction of sp³-hybridized carbons (Fsp3) is 0.200. The standard InChI is InChI=1S/C10H8N4O2S/c1-2-14-6-4-3-5-7(13-17-12-5)8(6)11-9(15)10(14)16/h3-4H,2H2,1H3,(H,11,15). The first kappa shape index (κ1) is 10.2. The highest BCUT2D eigenvalue weighted by molar-refractivity contribution is 7.00. The number of H-pyrrole nitrogens is 1. The smallest absolute Gasteiger partial charge is 0.314 e. The first-order valence-electron chi connectivity index (χ1n) is 5.10. The highest BCUT2D eigenvalue weighted by atomic mass is 32.1. The molecule has 7 heteroatoms. The van der Waals surface area contributed by atoms with E-state index in [-0.39, 0.29) is 0 Å². The SMILES string of the molecule is CCn1c(=O)c(=O)[nH]c2c3nsnc3ccc21. The molecule has 3 rings (SSSR count). The van der Waals surface area contributed by atoms with Gasteiger partial charge in [-0.05, 0) is 19.1 Å². The van der Waals surface area contributed by atoms with Crippen LogP contribution in [0.5, 0.6) is 0 Å². The van der Waals surface area contributed by atoms with Gasteiger partial charge in [0.2, 0.25) is 0 Å². The fourth-order valence-electron chi connectivity index (χ4n) is 1.90. The van der Waals surface area contributed by atoms with Gasteiger partial charge in [-0.15, -0.1) is 0 Å². The average Bonchev–Trinajstić information content (AvgIpc) is 2.79. The molecule has 0 radical (unpaired) electrons. The predicted octanol–water partition coefficient (Wildman–Crippen LogP) is 0.714. The Kier molecular flexibility index (Phi) is 2.08. The van der Waals surface area contributed by atoms with E-state index in [1.54, 1.807) is 12.1 Å². The molecule has 2 heterocycles. The lowest BCUT2D eigenvalue weighted by Gasteiger charge is -2.06. The first-order chi connectivity index (χ1) is 8.22. The van der Waals surface area contributed by atoms with Crippen LogP contribution in [0.3, 0.4) is 0 Å². The number of hydrogen-bond acceptors (Lipinski definition) is 5. The van der Waals surface area contributed by atoms with Crippen molar-refractivity contribution in [3.63, 3.8) is 0 Å². The van der Waals surface area contributed by atoms with Gasteiger partial charge in [-0.3, -0.25) is 9.59 Å². The molecular formula is C10H8N4O2S. The van der Waals surface area contributed by atoms with Crippen molar-refractivity contribution >= 4 is 33.8 Å². The number of nitrogens with one attached hydrogen (secondary N) is 1. The van der Waals surface area contributed by atoms with E-state index in [4.69, 9.17) is 0 Å². The minimum Gasteiger partial charge on any atom is -0.314 e. The minimum atomic E-state index is -0.625. The van der Waals surface area contributed by atoms with Crippen LogP contribution in [-0.2, 0) is 6.54 Å². The first-order valence-corrected chi connectivity index (χ1v) is 5.83. The van der Waals surface area contributed by atoms with E-state index in [2.05, 4.69) is 13.7 Å². The molecule has 0 aliphatic heterocycles. The molecule has 86 valence electrons. The lowest BCUT2D eigenvalue weighted by molar-refractivity contribution is 0.745. The van der Waals surface area contributed by atoms with Gasteiger partial charge in [0, 0.05) is 6.54 Å². The van der Waals surface area contributed by atoms with Crippen LogP contribution in [-0.4, -0.2) is 18.3 Å². The molecule has 0 atom stereocenters. The highest BCUT2D eigenvalue weighted by Crippen LogP contribution is 2.19. The number of rotatable bonds is 1. The van der Waals surface area contributed by atoms with Gasteiger partial charge in [0.1, 0.15) is 11.0 Å². The third-order valence-electron chi connectivity index (χ3n) is 2.69. The molecule has 0 fully saturated rings. The second-order valence-electron chi connectivity index (χ2n) is 3.60. The summed E-state index contributed by atoms with van der Waals surface area (Å²) in [5.74, 6) is 0.